The van der Waals surface area contributed by atoms with E-state index in [0.29, 0.717) is 0 Å². The summed E-state index contributed by atoms with van der Waals surface area (Å²) >= 11 is 0. The number of aromatic nitrogens is 1. The monoisotopic (exact) mass is 216 g/mol. The molecule has 84 valence electrons. The maximum absolute atomic E-state index is 12.1. The van der Waals surface area contributed by atoms with Crippen molar-refractivity contribution in [1.29, 1.82) is 0 Å². The molecular formula is C13H16N2O. The average molecular weight is 216 g/mol. The molecular weight excluding hydrogens is 200 g/mol. The molecule has 3 heteroatoms. The van der Waals surface area contributed by atoms with Crippen LogP contribution < -0.4 is 0 Å². The first kappa shape index (κ1) is 10.7. The van der Waals surface area contributed by atoms with Crippen LogP contribution in [0, 0.1) is 0 Å². The first-order valence-electron chi connectivity index (χ1n) is 5.62. The molecule has 0 aliphatic heterocycles. The summed E-state index contributed by atoms with van der Waals surface area (Å²) in [5.41, 5.74) is 1.81. The van der Waals surface area contributed by atoms with E-state index in [2.05, 4.69) is 0 Å². The number of amides is 1. The van der Waals surface area contributed by atoms with E-state index in [4.69, 9.17) is 0 Å². The van der Waals surface area contributed by atoms with Crippen LogP contribution in [0.1, 0.15) is 24.2 Å². The Kier molecular flexibility index (Phi) is 2.95. The predicted octanol–water partition coefficient (Wildman–Crippen LogP) is 2.42. The summed E-state index contributed by atoms with van der Waals surface area (Å²) in [4.78, 5) is 13.9. The molecule has 0 spiro atoms. The Morgan fingerprint density at radius 2 is 2.06 bits per heavy atom. The second-order valence-electron chi connectivity index (χ2n) is 3.74. The number of hydrogen-bond acceptors (Lipinski definition) is 1. The molecule has 2 heterocycles. The molecule has 0 bridgehead atoms. The Morgan fingerprint density at radius 3 is 2.69 bits per heavy atom. The topological polar surface area (TPSA) is 24.7 Å². The fourth-order valence-electron chi connectivity index (χ4n) is 1.87. The van der Waals surface area contributed by atoms with Crippen LogP contribution in [0.3, 0.4) is 0 Å². The van der Waals surface area contributed by atoms with Gasteiger partial charge >= 0.3 is 0 Å². The Morgan fingerprint density at radius 1 is 1.31 bits per heavy atom. The summed E-state index contributed by atoms with van der Waals surface area (Å²) in [6.45, 7) is 5.50. The average Bonchev–Trinajstić information content (AvgIpc) is 2.74. The van der Waals surface area contributed by atoms with Crippen LogP contribution in [0.2, 0.25) is 0 Å². The zero-order valence-corrected chi connectivity index (χ0v) is 9.68. The lowest BCUT2D eigenvalue weighted by Gasteiger charge is -2.17. The SMILES string of the molecule is CCN(CC)C(=O)c1cc2ccccn2c1. The van der Waals surface area contributed by atoms with Gasteiger partial charge in [0.1, 0.15) is 0 Å². The van der Waals surface area contributed by atoms with Crippen molar-refractivity contribution in [3.8, 4) is 0 Å². The number of fused-ring (bicyclic) bond motifs is 1. The van der Waals surface area contributed by atoms with Gasteiger partial charge in [-0.25, -0.2) is 0 Å². The van der Waals surface area contributed by atoms with Crippen molar-refractivity contribution in [2.75, 3.05) is 13.1 Å². The highest BCUT2D eigenvalue weighted by Crippen LogP contribution is 2.11. The molecule has 0 fully saturated rings. The van der Waals surface area contributed by atoms with Crippen molar-refractivity contribution in [2.45, 2.75) is 13.8 Å². The van der Waals surface area contributed by atoms with Gasteiger partial charge in [0.2, 0.25) is 0 Å². The first-order chi connectivity index (χ1) is 7.76. The van der Waals surface area contributed by atoms with Crippen molar-refractivity contribution < 1.29 is 4.79 Å². The minimum Gasteiger partial charge on any atom is -0.339 e. The molecule has 16 heavy (non-hydrogen) atoms. The Balaban J connectivity index is 2.36. The Labute approximate surface area is 95.3 Å². The van der Waals surface area contributed by atoms with Gasteiger partial charge in [-0.1, -0.05) is 6.07 Å². The maximum Gasteiger partial charge on any atom is 0.255 e. The minimum atomic E-state index is 0.105. The number of carbonyl (C=O) groups is 1. The fraction of sp³-hybridized carbons (Fsp3) is 0.308. The van der Waals surface area contributed by atoms with E-state index in [-0.39, 0.29) is 5.91 Å². The summed E-state index contributed by atoms with van der Waals surface area (Å²) in [6, 6.07) is 7.86. The van der Waals surface area contributed by atoms with Crippen molar-refractivity contribution >= 4 is 11.4 Å². The lowest BCUT2D eigenvalue weighted by atomic mass is 10.2. The third-order valence-electron chi connectivity index (χ3n) is 2.80. The molecule has 1 amide bonds. The normalized spacial score (nSPS) is 10.6. The van der Waals surface area contributed by atoms with Gasteiger partial charge in [-0.3, -0.25) is 4.79 Å². The number of pyridine rings is 1. The molecule has 0 atom stereocenters. The number of nitrogens with zero attached hydrogens (tertiary/aromatic N) is 2. The van der Waals surface area contributed by atoms with Crippen LogP contribution in [0.15, 0.2) is 36.7 Å². The molecule has 2 aromatic rings. The Hall–Kier alpha value is -1.77. The van der Waals surface area contributed by atoms with Crippen LogP contribution in [0.25, 0.3) is 5.52 Å². The van der Waals surface area contributed by atoms with E-state index < -0.39 is 0 Å². The van der Waals surface area contributed by atoms with E-state index >= 15 is 0 Å². The van der Waals surface area contributed by atoms with Crippen molar-refractivity contribution in [1.82, 2.24) is 9.30 Å². The minimum absolute atomic E-state index is 0.105. The highest BCUT2D eigenvalue weighted by Gasteiger charge is 2.13. The lowest BCUT2D eigenvalue weighted by Crippen LogP contribution is -2.30. The number of hydrogen-bond donors (Lipinski definition) is 0. The van der Waals surface area contributed by atoms with Gasteiger partial charge in [-0.2, -0.15) is 0 Å². The number of carbonyl (C=O) groups excluding carboxylic acids is 1. The van der Waals surface area contributed by atoms with Crippen LogP contribution >= 0.6 is 0 Å². The number of rotatable bonds is 3. The summed E-state index contributed by atoms with van der Waals surface area (Å²) in [5, 5.41) is 0. The zero-order valence-electron chi connectivity index (χ0n) is 9.68. The molecule has 0 saturated heterocycles. The second-order valence-corrected chi connectivity index (χ2v) is 3.74. The predicted molar refractivity (Wildman–Crippen MR) is 64.6 cm³/mol. The smallest absolute Gasteiger partial charge is 0.255 e. The third-order valence-corrected chi connectivity index (χ3v) is 2.80. The molecule has 0 radical (unpaired) electrons. The van der Waals surface area contributed by atoms with Crippen LogP contribution in [-0.4, -0.2) is 28.3 Å². The van der Waals surface area contributed by atoms with Crippen molar-refractivity contribution in [3.05, 3.63) is 42.2 Å². The highest BCUT2D eigenvalue weighted by molar-refractivity contribution is 5.95. The molecule has 2 rings (SSSR count). The summed E-state index contributed by atoms with van der Waals surface area (Å²) in [6.07, 6.45) is 3.84. The van der Waals surface area contributed by atoms with Crippen LogP contribution in [0.5, 0.6) is 0 Å². The van der Waals surface area contributed by atoms with Gasteiger partial charge in [0, 0.05) is 31.0 Å². The molecule has 3 nitrogen and oxygen atoms in total. The van der Waals surface area contributed by atoms with Gasteiger partial charge in [0.05, 0.1) is 5.56 Å². The molecule has 0 aromatic carbocycles. The fourth-order valence-corrected chi connectivity index (χ4v) is 1.87. The zero-order chi connectivity index (χ0) is 11.5. The molecule has 0 aliphatic rings. The summed E-state index contributed by atoms with van der Waals surface area (Å²) in [5.74, 6) is 0.105. The van der Waals surface area contributed by atoms with Crippen LogP contribution in [-0.2, 0) is 0 Å². The summed E-state index contributed by atoms with van der Waals surface area (Å²) in [7, 11) is 0. The standard InChI is InChI=1S/C13H16N2O/c1-3-14(4-2)13(16)11-9-12-7-5-6-8-15(12)10-11/h5-10H,3-4H2,1-2H3. The van der Waals surface area contributed by atoms with Gasteiger partial charge in [-0.15, -0.1) is 0 Å². The van der Waals surface area contributed by atoms with Gasteiger partial charge < -0.3 is 9.30 Å². The van der Waals surface area contributed by atoms with E-state index in [1.165, 1.54) is 0 Å². The summed E-state index contributed by atoms with van der Waals surface area (Å²) < 4.78 is 1.97. The highest BCUT2D eigenvalue weighted by atomic mass is 16.2. The van der Waals surface area contributed by atoms with Crippen LogP contribution in [0.4, 0.5) is 0 Å². The molecule has 0 saturated carbocycles. The molecule has 0 unspecified atom stereocenters. The van der Waals surface area contributed by atoms with E-state index in [1.54, 1.807) is 0 Å². The molecule has 0 N–H and O–H groups in total. The van der Waals surface area contributed by atoms with E-state index in [1.807, 2.05) is 59.8 Å². The maximum atomic E-state index is 12.1. The molecule has 0 aliphatic carbocycles. The van der Waals surface area contributed by atoms with Gasteiger partial charge in [0.15, 0.2) is 0 Å². The van der Waals surface area contributed by atoms with E-state index in [0.717, 1.165) is 24.2 Å². The lowest BCUT2D eigenvalue weighted by molar-refractivity contribution is 0.0773. The van der Waals surface area contributed by atoms with Gasteiger partial charge in [-0.05, 0) is 32.0 Å². The van der Waals surface area contributed by atoms with Crippen molar-refractivity contribution in [2.24, 2.45) is 0 Å². The van der Waals surface area contributed by atoms with Crippen molar-refractivity contribution in [3.63, 3.8) is 0 Å². The van der Waals surface area contributed by atoms with E-state index in [9.17, 15) is 4.79 Å². The Bertz CT molecular complexity index is 464. The quantitative estimate of drug-likeness (QED) is 0.773. The second kappa shape index (κ2) is 4.39. The largest absolute Gasteiger partial charge is 0.339 e. The first-order valence-corrected chi connectivity index (χ1v) is 5.62. The van der Waals surface area contributed by atoms with Gasteiger partial charge in [0.25, 0.3) is 5.91 Å². The molecule has 2 aromatic heterocycles. The third kappa shape index (κ3) is 1.81.